The van der Waals surface area contributed by atoms with Gasteiger partial charge in [0.1, 0.15) is 23.3 Å². The molecule has 1 aliphatic heterocycles. The molecular formula is C17H18FN3O3. The number of benzene rings is 1. The summed E-state index contributed by atoms with van der Waals surface area (Å²) in [6, 6.07) is 9.00. The third kappa shape index (κ3) is 3.51. The van der Waals surface area contributed by atoms with E-state index < -0.39 is 17.5 Å². The number of β-amino-alcohol motifs (C(OH)–C–C–N with tert-alkyl or cyclic N) is 1. The largest absolute Gasteiger partial charge is 0.487 e. The van der Waals surface area contributed by atoms with Gasteiger partial charge in [0.25, 0.3) is 5.91 Å². The third-order valence-corrected chi connectivity index (χ3v) is 4.02. The van der Waals surface area contributed by atoms with Crippen LogP contribution in [0.25, 0.3) is 0 Å². The molecule has 2 atom stereocenters. The van der Waals surface area contributed by atoms with Crippen molar-refractivity contribution in [2.24, 2.45) is 0 Å². The lowest BCUT2D eigenvalue weighted by atomic mass is 9.91. The van der Waals surface area contributed by atoms with Crippen LogP contribution in [0.4, 0.5) is 4.39 Å². The summed E-state index contributed by atoms with van der Waals surface area (Å²) < 4.78 is 19.0. The van der Waals surface area contributed by atoms with E-state index in [0.717, 1.165) is 0 Å². The molecule has 1 N–H and O–H groups in total. The number of likely N-dealkylation sites (tertiary alicyclic amines) is 1. The molecule has 24 heavy (non-hydrogen) atoms. The second kappa shape index (κ2) is 6.52. The molecule has 7 heteroatoms. The smallest absolute Gasteiger partial charge is 0.274 e. The molecule has 0 radical (unpaired) electrons. The molecule has 2 heterocycles. The van der Waals surface area contributed by atoms with Crippen molar-refractivity contribution < 1.29 is 19.0 Å². The molecular weight excluding hydrogens is 313 g/mol. The van der Waals surface area contributed by atoms with Gasteiger partial charge < -0.3 is 14.7 Å². The Morgan fingerprint density at radius 3 is 2.92 bits per heavy atom. The maximum absolute atomic E-state index is 13.3. The number of rotatable bonds is 3. The van der Waals surface area contributed by atoms with Crippen LogP contribution in [-0.4, -0.2) is 50.9 Å². The van der Waals surface area contributed by atoms with Crippen LogP contribution in [-0.2, 0) is 0 Å². The number of aliphatic hydroxyl groups is 1. The van der Waals surface area contributed by atoms with Crippen molar-refractivity contribution >= 4 is 5.91 Å². The lowest BCUT2D eigenvalue weighted by Crippen LogP contribution is -2.58. The Kier molecular flexibility index (Phi) is 4.44. The second-order valence-electron chi connectivity index (χ2n) is 6.05. The first-order chi connectivity index (χ1) is 11.5. The summed E-state index contributed by atoms with van der Waals surface area (Å²) in [7, 11) is 0. The number of piperidine rings is 1. The number of carbonyl (C=O) groups is 1. The van der Waals surface area contributed by atoms with Gasteiger partial charge in [0, 0.05) is 25.2 Å². The van der Waals surface area contributed by atoms with Gasteiger partial charge in [-0.15, -0.1) is 5.10 Å². The predicted octanol–water partition coefficient (Wildman–Crippen LogP) is 1.66. The van der Waals surface area contributed by atoms with Crippen LogP contribution in [0, 0.1) is 5.82 Å². The number of ether oxygens (including phenoxy) is 1. The lowest BCUT2D eigenvalue weighted by Gasteiger charge is -2.42. The summed E-state index contributed by atoms with van der Waals surface area (Å²) in [4.78, 5) is 13.9. The number of hydrogen-bond acceptors (Lipinski definition) is 5. The van der Waals surface area contributed by atoms with Gasteiger partial charge in [0.15, 0.2) is 5.69 Å². The fourth-order valence-corrected chi connectivity index (χ4v) is 2.79. The predicted molar refractivity (Wildman–Crippen MR) is 84.0 cm³/mol. The topological polar surface area (TPSA) is 75.5 Å². The van der Waals surface area contributed by atoms with Gasteiger partial charge in [-0.2, -0.15) is 5.10 Å². The van der Waals surface area contributed by atoms with E-state index >= 15 is 0 Å². The Bertz CT molecular complexity index is 724. The molecule has 0 bridgehead atoms. The van der Waals surface area contributed by atoms with E-state index in [0.29, 0.717) is 18.7 Å². The molecule has 1 amide bonds. The fourth-order valence-electron chi connectivity index (χ4n) is 2.79. The Morgan fingerprint density at radius 1 is 1.42 bits per heavy atom. The second-order valence-corrected chi connectivity index (χ2v) is 6.05. The van der Waals surface area contributed by atoms with E-state index in [9.17, 15) is 14.3 Å². The molecule has 0 unspecified atom stereocenters. The molecule has 6 nitrogen and oxygen atoms in total. The molecule has 126 valence electrons. The molecule has 1 saturated heterocycles. The minimum Gasteiger partial charge on any atom is -0.487 e. The van der Waals surface area contributed by atoms with Crippen LogP contribution in [0.2, 0.25) is 0 Å². The molecule has 1 aromatic carbocycles. The number of halogens is 1. The average molecular weight is 331 g/mol. The zero-order valence-electron chi connectivity index (χ0n) is 13.2. The normalized spacial score (nSPS) is 23.8. The maximum Gasteiger partial charge on any atom is 0.274 e. The van der Waals surface area contributed by atoms with Crippen molar-refractivity contribution in [3.8, 4) is 5.75 Å². The van der Waals surface area contributed by atoms with Crippen molar-refractivity contribution in [3.05, 3.63) is 54.1 Å². The number of carbonyl (C=O) groups excluding carboxylic acids is 1. The van der Waals surface area contributed by atoms with Crippen LogP contribution in [0.3, 0.4) is 0 Å². The van der Waals surface area contributed by atoms with Crippen molar-refractivity contribution in [1.82, 2.24) is 15.1 Å². The Labute approximate surface area is 138 Å². The van der Waals surface area contributed by atoms with Gasteiger partial charge in [-0.1, -0.05) is 6.07 Å². The molecule has 0 spiro atoms. The monoisotopic (exact) mass is 331 g/mol. The van der Waals surface area contributed by atoms with E-state index in [1.165, 1.54) is 23.2 Å². The number of nitrogens with zero attached hydrogens (tertiary/aromatic N) is 3. The average Bonchev–Trinajstić information content (AvgIpc) is 2.56. The molecule has 1 aromatic heterocycles. The van der Waals surface area contributed by atoms with Crippen LogP contribution in [0.1, 0.15) is 23.8 Å². The Balaban J connectivity index is 1.69. The van der Waals surface area contributed by atoms with E-state index in [-0.39, 0.29) is 18.1 Å². The summed E-state index contributed by atoms with van der Waals surface area (Å²) >= 11 is 0. The van der Waals surface area contributed by atoms with Crippen LogP contribution >= 0.6 is 0 Å². The van der Waals surface area contributed by atoms with Crippen LogP contribution in [0.5, 0.6) is 5.75 Å². The highest BCUT2D eigenvalue weighted by molar-refractivity contribution is 5.92. The highest BCUT2D eigenvalue weighted by Gasteiger charge is 2.41. The number of aromatic nitrogens is 2. The molecule has 1 aliphatic rings. The fraction of sp³-hybridized carbons (Fsp3) is 0.353. The van der Waals surface area contributed by atoms with Crippen LogP contribution in [0.15, 0.2) is 42.6 Å². The quantitative estimate of drug-likeness (QED) is 0.926. The van der Waals surface area contributed by atoms with E-state index in [4.69, 9.17) is 4.74 Å². The maximum atomic E-state index is 13.3. The molecule has 3 rings (SSSR count). The lowest BCUT2D eigenvalue weighted by molar-refractivity contribution is -0.0900. The Hall–Kier alpha value is -2.54. The zero-order chi connectivity index (χ0) is 17.2. The van der Waals surface area contributed by atoms with Gasteiger partial charge >= 0.3 is 0 Å². The standard InChI is InChI=1S/C17H18FN3O3/c1-17(23)11-21(16(22)14-6-3-8-19-20-14)9-7-15(17)24-13-5-2-4-12(18)10-13/h2-6,8,10,15,23H,7,9,11H2,1H3/t15-,17-/m0/s1. The molecule has 2 aromatic rings. The highest BCUT2D eigenvalue weighted by Crippen LogP contribution is 2.27. The first-order valence-electron chi connectivity index (χ1n) is 7.67. The van der Waals surface area contributed by atoms with Gasteiger partial charge in [0.2, 0.25) is 0 Å². The third-order valence-electron chi connectivity index (χ3n) is 4.02. The van der Waals surface area contributed by atoms with Gasteiger partial charge in [0.05, 0.1) is 6.54 Å². The van der Waals surface area contributed by atoms with Crippen molar-refractivity contribution in [1.29, 1.82) is 0 Å². The van der Waals surface area contributed by atoms with E-state index in [1.807, 2.05) is 0 Å². The van der Waals surface area contributed by atoms with Crippen molar-refractivity contribution in [2.45, 2.75) is 25.0 Å². The Morgan fingerprint density at radius 2 is 2.25 bits per heavy atom. The van der Waals surface area contributed by atoms with Crippen molar-refractivity contribution in [3.63, 3.8) is 0 Å². The molecule has 0 aliphatic carbocycles. The summed E-state index contributed by atoms with van der Waals surface area (Å²) in [5, 5.41) is 18.2. The minimum atomic E-state index is -1.26. The van der Waals surface area contributed by atoms with Gasteiger partial charge in [-0.25, -0.2) is 4.39 Å². The first kappa shape index (κ1) is 16.3. The highest BCUT2D eigenvalue weighted by atomic mass is 19.1. The summed E-state index contributed by atoms with van der Waals surface area (Å²) in [5.74, 6) is -0.330. The molecule has 0 saturated carbocycles. The van der Waals surface area contributed by atoms with Crippen LogP contribution < -0.4 is 4.74 Å². The summed E-state index contributed by atoms with van der Waals surface area (Å²) in [6.45, 7) is 2.11. The first-order valence-corrected chi connectivity index (χ1v) is 7.67. The number of amides is 1. The van der Waals surface area contributed by atoms with Crippen molar-refractivity contribution in [2.75, 3.05) is 13.1 Å². The SMILES string of the molecule is C[C@]1(O)CN(C(=O)c2cccnn2)CC[C@@H]1Oc1cccc(F)c1. The zero-order valence-corrected chi connectivity index (χ0v) is 13.2. The minimum absolute atomic E-state index is 0.0996. The summed E-state index contributed by atoms with van der Waals surface area (Å²) in [6.07, 6.45) is 1.38. The molecule has 1 fully saturated rings. The van der Waals surface area contributed by atoms with Gasteiger partial charge in [-0.3, -0.25) is 4.79 Å². The summed E-state index contributed by atoms with van der Waals surface area (Å²) in [5.41, 5.74) is -1.03. The van der Waals surface area contributed by atoms with E-state index in [2.05, 4.69) is 10.2 Å². The number of hydrogen-bond donors (Lipinski definition) is 1. The van der Waals surface area contributed by atoms with Gasteiger partial charge in [-0.05, 0) is 31.2 Å². The van der Waals surface area contributed by atoms with E-state index in [1.54, 1.807) is 31.2 Å².